The number of halogens is 2. The predicted molar refractivity (Wildman–Crippen MR) is 81.3 cm³/mol. The number of ether oxygens (including phenoxy) is 2. The molecule has 0 aromatic heterocycles. The van der Waals surface area contributed by atoms with Crippen LogP contribution in [0, 0.1) is 0 Å². The molecule has 114 valence electrons. The van der Waals surface area contributed by atoms with Crippen LogP contribution in [-0.4, -0.2) is 26.2 Å². The number of methoxy groups -OCH3 is 1. The Hall–Kier alpha value is -2.76. The second-order valence-corrected chi connectivity index (χ2v) is 4.21. The maximum atomic E-state index is 12.0. The van der Waals surface area contributed by atoms with Gasteiger partial charge >= 0.3 is 6.61 Å². The Kier molecular flexibility index (Phi) is 5.59. The van der Waals surface area contributed by atoms with Crippen molar-refractivity contribution in [1.82, 2.24) is 0 Å². The van der Waals surface area contributed by atoms with E-state index < -0.39 is 6.61 Å². The molecule has 0 saturated heterocycles. The Labute approximate surface area is 126 Å². The number of rotatable bonds is 6. The molecule has 0 radical (unpaired) electrons. The molecular formula is C16H14F2N2O2. The van der Waals surface area contributed by atoms with Gasteiger partial charge in [-0.15, -0.1) is 0 Å². The van der Waals surface area contributed by atoms with Gasteiger partial charge in [0.25, 0.3) is 0 Å². The molecule has 22 heavy (non-hydrogen) atoms. The van der Waals surface area contributed by atoms with Gasteiger partial charge in [-0.3, -0.25) is 0 Å². The summed E-state index contributed by atoms with van der Waals surface area (Å²) in [5.74, 6) is 0.876. The molecule has 0 spiro atoms. The smallest absolute Gasteiger partial charge is 0.387 e. The minimum Gasteiger partial charge on any atom is -0.497 e. The fourth-order valence-electron chi connectivity index (χ4n) is 1.63. The van der Waals surface area contributed by atoms with Crippen molar-refractivity contribution in [3.8, 4) is 11.5 Å². The molecule has 0 saturated carbocycles. The van der Waals surface area contributed by atoms with E-state index >= 15 is 0 Å². The van der Waals surface area contributed by atoms with Crippen LogP contribution in [0.25, 0.3) is 0 Å². The number of alkyl halides is 2. The van der Waals surface area contributed by atoms with Crippen LogP contribution in [0.1, 0.15) is 11.1 Å². The summed E-state index contributed by atoms with van der Waals surface area (Å²) in [4.78, 5) is 0. The third-order valence-electron chi connectivity index (χ3n) is 2.70. The van der Waals surface area contributed by atoms with Gasteiger partial charge in [0.2, 0.25) is 0 Å². The van der Waals surface area contributed by atoms with Gasteiger partial charge < -0.3 is 9.47 Å². The number of benzene rings is 2. The molecule has 0 N–H and O–H groups in total. The zero-order valence-electron chi connectivity index (χ0n) is 11.8. The summed E-state index contributed by atoms with van der Waals surface area (Å²) in [5, 5.41) is 7.81. The minimum atomic E-state index is -2.83. The first-order chi connectivity index (χ1) is 10.7. The molecule has 0 amide bonds. The number of hydrogen-bond donors (Lipinski definition) is 0. The maximum Gasteiger partial charge on any atom is 0.387 e. The predicted octanol–water partition coefficient (Wildman–Crippen LogP) is 3.75. The molecule has 2 aromatic rings. The van der Waals surface area contributed by atoms with Gasteiger partial charge in [-0.25, -0.2) is 0 Å². The zero-order chi connectivity index (χ0) is 15.8. The largest absolute Gasteiger partial charge is 0.497 e. The highest BCUT2D eigenvalue weighted by molar-refractivity contribution is 5.82. The minimum absolute atomic E-state index is 0.105. The molecule has 6 heteroatoms. The lowest BCUT2D eigenvalue weighted by molar-refractivity contribution is -0.0498. The van der Waals surface area contributed by atoms with E-state index in [0.717, 1.165) is 16.9 Å². The van der Waals surface area contributed by atoms with Gasteiger partial charge in [-0.2, -0.15) is 19.0 Å². The Morgan fingerprint density at radius 1 is 0.818 bits per heavy atom. The first-order valence-electron chi connectivity index (χ1n) is 6.43. The molecular weight excluding hydrogens is 290 g/mol. The van der Waals surface area contributed by atoms with Gasteiger partial charge in [-0.05, 0) is 59.7 Å². The SMILES string of the molecule is COc1ccc(/C=N/N=C/c2ccc(OC(F)F)cc2)cc1. The summed E-state index contributed by atoms with van der Waals surface area (Å²) >= 11 is 0. The van der Waals surface area contributed by atoms with E-state index in [1.807, 2.05) is 24.3 Å². The van der Waals surface area contributed by atoms with E-state index in [1.54, 1.807) is 25.5 Å². The molecule has 2 rings (SSSR count). The lowest BCUT2D eigenvalue weighted by atomic mass is 10.2. The van der Waals surface area contributed by atoms with Crippen molar-refractivity contribution >= 4 is 12.4 Å². The van der Waals surface area contributed by atoms with Crippen molar-refractivity contribution in [2.24, 2.45) is 10.2 Å². The lowest BCUT2D eigenvalue weighted by Crippen LogP contribution is -2.01. The molecule has 2 aromatic carbocycles. The Bertz CT molecular complexity index is 638. The molecule has 0 heterocycles. The second kappa shape index (κ2) is 7.87. The number of hydrogen-bond acceptors (Lipinski definition) is 4. The highest BCUT2D eigenvalue weighted by Gasteiger charge is 2.02. The van der Waals surface area contributed by atoms with E-state index in [4.69, 9.17) is 4.74 Å². The molecule has 0 bridgehead atoms. The van der Waals surface area contributed by atoms with E-state index in [2.05, 4.69) is 14.9 Å². The Morgan fingerprint density at radius 2 is 1.27 bits per heavy atom. The third kappa shape index (κ3) is 4.97. The van der Waals surface area contributed by atoms with Crippen LogP contribution < -0.4 is 9.47 Å². The van der Waals surface area contributed by atoms with Gasteiger partial charge in [0.15, 0.2) is 0 Å². The Morgan fingerprint density at radius 3 is 1.68 bits per heavy atom. The monoisotopic (exact) mass is 304 g/mol. The summed E-state index contributed by atoms with van der Waals surface area (Å²) < 4.78 is 33.3. The van der Waals surface area contributed by atoms with Gasteiger partial charge in [0, 0.05) is 0 Å². The van der Waals surface area contributed by atoms with Gasteiger partial charge in [0.1, 0.15) is 11.5 Å². The van der Waals surface area contributed by atoms with Crippen molar-refractivity contribution < 1.29 is 18.3 Å². The van der Waals surface area contributed by atoms with Crippen LogP contribution >= 0.6 is 0 Å². The summed E-state index contributed by atoms with van der Waals surface area (Å²) in [6, 6.07) is 13.5. The third-order valence-corrected chi connectivity index (χ3v) is 2.70. The first kappa shape index (κ1) is 15.6. The first-order valence-corrected chi connectivity index (χ1v) is 6.43. The van der Waals surface area contributed by atoms with Crippen molar-refractivity contribution in [3.63, 3.8) is 0 Å². The quantitative estimate of drug-likeness (QED) is 0.602. The van der Waals surface area contributed by atoms with E-state index in [0.29, 0.717) is 0 Å². The van der Waals surface area contributed by atoms with Crippen molar-refractivity contribution in [2.45, 2.75) is 6.61 Å². The highest BCUT2D eigenvalue weighted by Crippen LogP contribution is 2.14. The second-order valence-electron chi connectivity index (χ2n) is 4.21. The fourth-order valence-corrected chi connectivity index (χ4v) is 1.63. The van der Waals surface area contributed by atoms with Crippen LogP contribution in [0.15, 0.2) is 58.7 Å². The molecule has 0 aliphatic rings. The van der Waals surface area contributed by atoms with Crippen molar-refractivity contribution in [1.29, 1.82) is 0 Å². The van der Waals surface area contributed by atoms with E-state index in [-0.39, 0.29) is 5.75 Å². The molecule has 0 aliphatic carbocycles. The molecule has 4 nitrogen and oxygen atoms in total. The van der Waals surface area contributed by atoms with Gasteiger partial charge in [0.05, 0.1) is 19.5 Å². The van der Waals surface area contributed by atoms with Crippen LogP contribution in [0.4, 0.5) is 8.78 Å². The average Bonchev–Trinajstić information content (AvgIpc) is 2.53. The van der Waals surface area contributed by atoms with Crippen LogP contribution in [-0.2, 0) is 0 Å². The highest BCUT2D eigenvalue weighted by atomic mass is 19.3. The summed E-state index contributed by atoms with van der Waals surface area (Å²) in [5.41, 5.74) is 1.62. The molecule has 0 aliphatic heterocycles. The van der Waals surface area contributed by atoms with Crippen molar-refractivity contribution in [3.05, 3.63) is 59.7 Å². The summed E-state index contributed by atoms with van der Waals surface area (Å²) in [7, 11) is 1.60. The van der Waals surface area contributed by atoms with Crippen LogP contribution in [0.2, 0.25) is 0 Å². The normalized spacial score (nSPS) is 11.5. The molecule has 0 atom stereocenters. The topological polar surface area (TPSA) is 43.2 Å². The van der Waals surface area contributed by atoms with Gasteiger partial charge in [-0.1, -0.05) is 0 Å². The zero-order valence-corrected chi connectivity index (χ0v) is 11.8. The van der Waals surface area contributed by atoms with Crippen LogP contribution in [0.3, 0.4) is 0 Å². The molecule has 0 fully saturated rings. The van der Waals surface area contributed by atoms with Crippen LogP contribution in [0.5, 0.6) is 11.5 Å². The summed E-state index contributed by atoms with van der Waals surface area (Å²) in [6.07, 6.45) is 3.12. The fraction of sp³-hybridized carbons (Fsp3) is 0.125. The standard InChI is InChI=1S/C16H14F2N2O2/c1-21-14-6-2-12(3-7-14)10-19-20-11-13-4-8-15(9-5-13)22-16(17)18/h2-11,16H,1H3/b19-10+,20-11+. The van der Waals surface area contributed by atoms with Crippen molar-refractivity contribution in [2.75, 3.05) is 7.11 Å². The molecule has 0 unspecified atom stereocenters. The Balaban J connectivity index is 1.92. The van der Waals surface area contributed by atoms with E-state index in [9.17, 15) is 8.78 Å². The maximum absolute atomic E-state index is 12.0. The number of nitrogens with zero attached hydrogens (tertiary/aromatic N) is 2. The summed E-state index contributed by atoms with van der Waals surface area (Å²) in [6.45, 7) is -2.83. The lowest BCUT2D eigenvalue weighted by Gasteiger charge is -2.03. The van der Waals surface area contributed by atoms with E-state index in [1.165, 1.54) is 18.3 Å². The average molecular weight is 304 g/mol.